The fourth-order valence-corrected chi connectivity index (χ4v) is 2.78. The zero-order valence-electron chi connectivity index (χ0n) is 9.92. The van der Waals surface area contributed by atoms with E-state index >= 15 is 0 Å². The fourth-order valence-electron chi connectivity index (χ4n) is 1.87. The molecule has 0 aliphatic heterocycles. The molecule has 0 saturated heterocycles. The molecule has 0 amide bonds. The molecule has 2 heterocycles. The van der Waals surface area contributed by atoms with Gasteiger partial charge in [0.2, 0.25) is 0 Å². The molecule has 7 heteroatoms. The molecular weight excluding hydrogens is 437 g/mol. The molecular formula is C13H7BrIN3O2. The number of hydrogen-bond donors (Lipinski definition) is 1. The van der Waals surface area contributed by atoms with Gasteiger partial charge in [-0.3, -0.25) is 4.40 Å². The number of rotatable bonds is 2. The van der Waals surface area contributed by atoms with Gasteiger partial charge in [-0.1, -0.05) is 15.9 Å². The van der Waals surface area contributed by atoms with Crippen molar-refractivity contribution in [2.45, 2.75) is 0 Å². The third kappa shape index (κ3) is 2.31. The number of benzene rings is 1. The average molecular weight is 444 g/mol. The first-order chi connectivity index (χ1) is 9.56. The summed E-state index contributed by atoms with van der Waals surface area (Å²) in [5, 5.41) is 17.3. The molecule has 0 atom stereocenters. The Hall–Kier alpha value is -1.48. The van der Waals surface area contributed by atoms with Crippen LogP contribution in [0.15, 0.2) is 41.0 Å². The Morgan fingerprint density at radius 3 is 2.80 bits per heavy atom. The fraction of sp³-hybridized carbons (Fsp3) is 0. The highest BCUT2D eigenvalue weighted by atomic mass is 127. The van der Waals surface area contributed by atoms with E-state index in [4.69, 9.17) is 5.11 Å². The lowest BCUT2D eigenvalue weighted by Gasteiger charge is -2.04. The Morgan fingerprint density at radius 2 is 2.05 bits per heavy atom. The zero-order valence-corrected chi connectivity index (χ0v) is 13.7. The second kappa shape index (κ2) is 5.13. The SMILES string of the molecule is O=C(O)c1ccc2nnc(-c3cc(I)ccc3Br)n2c1. The molecule has 20 heavy (non-hydrogen) atoms. The number of hydrogen-bond acceptors (Lipinski definition) is 3. The van der Waals surface area contributed by atoms with Crippen molar-refractivity contribution in [1.82, 2.24) is 14.6 Å². The topological polar surface area (TPSA) is 67.5 Å². The van der Waals surface area contributed by atoms with E-state index in [9.17, 15) is 4.79 Å². The van der Waals surface area contributed by atoms with Gasteiger partial charge < -0.3 is 5.11 Å². The smallest absolute Gasteiger partial charge is 0.337 e. The van der Waals surface area contributed by atoms with Gasteiger partial charge >= 0.3 is 5.97 Å². The van der Waals surface area contributed by atoms with Crippen LogP contribution in [0.4, 0.5) is 0 Å². The van der Waals surface area contributed by atoms with Crippen molar-refractivity contribution in [3.8, 4) is 11.4 Å². The van der Waals surface area contributed by atoms with Gasteiger partial charge in [0.05, 0.1) is 5.56 Å². The van der Waals surface area contributed by atoms with E-state index in [1.807, 2.05) is 18.2 Å². The lowest BCUT2D eigenvalue weighted by Crippen LogP contribution is -1.99. The first-order valence-electron chi connectivity index (χ1n) is 5.60. The van der Waals surface area contributed by atoms with Crippen molar-refractivity contribution in [3.63, 3.8) is 0 Å². The van der Waals surface area contributed by atoms with Gasteiger partial charge in [0, 0.05) is 19.8 Å². The van der Waals surface area contributed by atoms with Crippen LogP contribution in [-0.4, -0.2) is 25.7 Å². The number of halogens is 2. The monoisotopic (exact) mass is 443 g/mol. The molecule has 2 aromatic heterocycles. The number of nitrogens with zero attached hydrogens (tertiary/aromatic N) is 3. The first kappa shape index (κ1) is 13.5. The molecule has 0 aliphatic rings. The molecule has 0 spiro atoms. The summed E-state index contributed by atoms with van der Waals surface area (Å²) in [4.78, 5) is 11.1. The van der Waals surface area contributed by atoms with Gasteiger partial charge in [0.25, 0.3) is 0 Å². The normalized spacial score (nSPS) is 10.9. The number of aromatic carboxylic acids is 1. The summed E-state index contributed by atoms with van der Waals surface area (Å²) in [6.45, 7) is 0. The second-order valence-corrected chi connectivity index (χ2v) is 6.20. The minimum absolute atomic E-state index is 0.195. The Balaban J connectivity index is 2.28. The Kier molecular flexibility index (Phi) is 3.47. The summed E-state index contributed by atoms with van der Waals surface area (Å²) in [5.74, 6) is -0.373. The van der Waals surface area contributed by atoms with E-state index in [1.54, 1.807) is 10.5 Å². The largest absolute Gasteiger partial charge is 0.478 e. The quantitative estimate of drug-likeness (QED) is 0.616. The minimum atomic E-state index is -0.978. The zero-order chi connectivity index (χ0) is 14.3. The summed E-state index contributed by atoms with van der Waals surface area (Å²) >= 11 is 5.70. The van der Waals surface area contributed by atoms with Crippen molar-refractivity contribution in [2.75, 3.05) is 0 Å². The van der Waals surface area contributed by atoms with Crippen LogP contribution in [0.3, 0.4) is 0 Å². The predicted octanol–water partition coefficient (Wildman–Crippen LogP) is 3.46. The predicted molar refractivity (Wildman–Crippen MR) is 85.8 cm³/mol. The number of carboxylic acid groups (broad SMARTS) is 1. The molecule has 0 aliphatic carbocycles. The van der Waals surface area contributed by atoms with Gasteiger partial charge in [0.1, 0.15) is 0 Å². The van der Waals surface area contributed by atoms with Crippen LogP contribution < -0.4 is 0 Å². The Bertz CT molecular complexity index is 832. The lowest BCUT2D eigenvalue weighted by atomic mass is 10.2. The van der Waals surface area contributed by atoms with E-state index in [0.717, 1.165) is 13.6 Å². The maximum absolute atomic E-state index is 11.1. The van der Waals surface area contributed by atoms with Gasteiger partial charge in [-0.15, -0.1) is 10.2 Å². The highest BCUT2D eigenvalue weighted by Gasteiger charge is 2.13. The highest BCUT2D eigenvalue weighted by Crippen LogP contribution is 2.29. The average Bonchev–Trinajstić information content (AvgIpc) is 2.84. The van der Waals surface area contributed by atoms with Gasteiger partial charge in [-0.05, 0) is 52.9 Å². The van der Waals surface area contributed by atoms with Crippen molar-refractivity contribution < 1.29 is 9.90 Å². The van der Waals surface area contributed by atoms with Gasteiger partial charge in [0.15, 0.2) is 11.5 Å². The first-order valence-corrected chi connectivity index (χ1v) is 7.47. The molecule has 0 unspecified atom stereocenters. The van der Waals surface area contributed by atoms with Crippen molar-refractivity contribution in [3.05, 3.63) is 50.1 Å². The van der Waals surface area contributed by atoms with Crippen molar-refractivity contribution in [1.29, 1.82) is 0 Å². The van der Waals surface area contributed by atoms with Crippen LogP contribution in [0.25, 0.3) is 17.0 Å². The van der Waals surface area contributed by atoms with Gasteiger partial charge in [-0.2, -0.15) is 0 Å². The van der Waals surface area contributed by atoms with Crippen LogP contribution in [0, 0.1) is 3.57 Å². The molecule has 1 N–H and O–H groups in total. The van der Waals surface area contributed by atoms with E-state index in [0.29, 0.717) is 11.5 Å². The van der Waals surface area contributed by atoms with Crippen LogP contribution >= 0.6 is 38.5 Å². The molecule has 5 nitrogen and oxygen atoms in total. The van der Waals surface area contributed by atoms with E-state index in [1.165, 1.54) is 12.3 Å². The number of aromatic nitrogens is 3. The molecule has 0 saturated carbocycles. The van der Waals surface area contributed by atoms with Gasteiger partial charge in [-0.25, -0.2) is 4.79 Å². The molecule has 3 aromatic rings. The number of carboxylic acids is 1. The number of pyridine rings is 1. The molecule has 0 fully saturated rings. The maximum atomic E-state index is 11.1. The minimum Gasteiger partial charge on any atom is -0.478 e. The second-order valence-electron chi connectivity index (χ2n) is 4.10. The molecule has 0 radical (unpaired) electrons. The lowest BCUT2D eigenvalue weighted by molar-refractivity contribution is 0.0696. The van der Waals surface area contributed by atoms with E-state index < -0.39 is 5.97 Å². The van der Waals surface area contributed by atoms with Crippen LogP contribution in [0.1, 0.15) is 10.4 Å². The number of fused-ring (bicyclic) bond motifs is 1. The molecule has 3 rings (SSSR count). The highest BCUT2D eigenvalue weighted by molar-refractivity contribution is 14.1. The van der Waals surface area contributed by atoms with E-state index in [-0.39, 0.29) is 5.56 Å². The van der Waals surface area contributed by atoms with Crippen LogP contribution in [0.5, 0.6) is 0 Å². The van der Waals surface area contributed by atoms with Crippen LogP contribution in [0.2, 0.25) is 0 Å². The third-order valence-corrected chi connectivity index (χ3v) is 4.18. The molecule has 100 valence electrons. The maximum Gasteiger partial charge on any atom is 0.337 e. The van der Waals surface area contributed by atoms with E-state index in [2.05, 4.69) is 48.7 Å². The van der Waals surface area contributed by atoms with Crippen LogP contribution in [-0.2, 0) is 0 Å². The van der Waals surface area contributed by atoms with Crippen molar-refractivity contribution in [2.24, 2.45) is 0 Å². The van der Waals surface area contributed by atoms with Crippen molar-refractivity contribution >= 4 is 50.1 Å². The number of carbonyl (C=O) groups is 1. The summed E-state index contributed by atoms with van der Waals surface area (Å²) in [7, 11) is 0. The third-order valence-electron chi connectivity index (χ3n) is 2.82. The summed E-state index contributed by atoms with van der Waals surface area (Å²) < 4.78 is 3.62. The summed E-state index contributed by atoms with van der Waals surface area (Å²) in [5.41, 5.74) is 1.67. The standard InChI is InChI=1S/C13H7BrIN3O2/c14-10-3-2-8(15)5-9(10)12-17-16-11-4-1-7(13(19)20)6-18(11)12/h1-6H,(H,19,20). The summed E-state index contributed by atoms with van der Waals surface area (Å²) in [6.07, 6.45) is 1.53. The Morgan fingerprint density at radius 1 is 1.25 bits per heavy atom. The Labute approximate surface area is 135 Å². The molecule has 1 aromatic carbocycles. The molecule has 0 bridgehead atoms. The summed E-state index contributed by atoms with van der Waals surface area (Å²) in [6, 6.07) is 9.02.